The van der Waals surface area contributed by atoms with Gasteiger partial charge in [-0.05, 0) is 32.7 Å². The molecule has 4 heterocycles. The van der Waals surface area contributed by atoms with Gasteiger partial charge in [-0.15, -0.1) is 4.28 Å². The molecule has 2 unspecified atom stereocenters. The molecule has 170 valence electrons. The first-order valence-corrected chi connectivity index (χ1v) is 11.0. The second kappa shape index (κ2) is 11.8. The quantitative estimate of drug-likeness (QED) is 0.231. The Bertz CT molecular complexity index is 754. The highest BCUT2D eigenvalue weighted by atomic mass is 32.3. The fourth-order valence-corrected chi connectivity index (χ4v) is 3.69. The fraction of sp³-hybridized carbons (Fsp3) is 0.688. The van der Waals surface area contributed by atoms with E-state index in [1.54, 1.807) is 6.92 Å². The van der Waals surface area contributed by atoms with Crippen LogP contribution in [0, 0.1) is 0 Å². The van der Waals surface area contributed by atoms with Gasteiger partial charge in [-0.25, -0.2) is 15.3 Å². The minimum atomic E-state index is -4.60. The maximum Gasteiger partial charge on any atom is 0.418 e. The van der Waals surface area contributed by atoms with Gasteiger partial charge in [-0.1, -0.05) is 0 Å². The zero-order valence-corrected chi connectivity index (χ0v) is 17.5. The van der Waals surface area contributed by atoms with Crippen molar-refractivity contribution in [1.82, 2.24) is 30.3 Å². The molecule has 1 aromatic heterocycles. The third-order valence-electron chi connectivity index (χ3n) is 4.62. The minimum Gasteiger partial charge on any atom is -0.333 e. The second-order valence-electron chi connectivity index (χ2n) is 6.68. The van der Waals surface area contributed by atoms with Crippen molar-refractivity contribution in [3.63, 3.8) is 0 Å². The summed E-state index contributed by atoms with van der Waals surface area (Å²) in [6.45, 7) is 5.61. The Morgan fingerprint density at radius 1 is 1.40 bits per heavy atom. The van der Waals surface area contributed by atoms with Gasteiger partial charge < -0.3 is 14.8 Å². The molecule has 4 rings (SSSR count). The number of rotatable bonds is 6. The average Bonchev–Trinajstić information content (AvgIpc) is 3.46. The molecular weight excluding hydrogens is 420 g/mol. The van der Waals surface area contributed by atoms with Crippen molar-refractivity contribution < 1.29 is 31.7 Å². The largest absolute Gasteiger partial charge is 0.418 e. The number of imidazole rings is 1. The molecule has 3 saturated heterocycles. The summed E-state index contributed by atoms with van der Waals surface area (Å²) in [5.41, 5.74) is 2.02. The molecule has 0 radical (unpaired) electrons. The zero-order chi connectivity index (χ0) is 22.0. The first-order chi connectivity index (χ1) is 14.4. The highest BCUT2D eigenvalue weighted by molar-refractivity contribution is 7.80. The Morgan fingerprint density at radius 3 is 2.70 bits per heavy atom. The van der Waals surface area contributed by atoms with Crippen molar-refractivity contribution >= 4 is 22.8 Å². The molecular formula is C16H28N6O7S. The molecule has 14 heteroatoms. The van der Waals surface area contributed by atoms with Gasteiger partial charge in [0.15, 0.2) is 0 Å². The molecule has 0 aromatic carbocycles. The van der Waals surface area contributed by atoms with E-state index in [1.807, 2.05) is 24.2 Å². The number of nitrogens with one attached hydrogen (secondary N) is 2. The molecule has 3 N–H and O–H groups in total. The molecule has 0 aliphatic carbocycles. The molecule has 30 heavy (non-hydrogen) atoms. The van der Waals surface area contributed by atoms with Crippen molar-refractivity contribution in [1.29, 1.82) is 0 Å². The van der Waals surface area contributed by atoms with Gasteiger partial charge in [-0.2, -0.15) is 13.5 Å². The number of carbonyl (C=O) groups excluding carboxylic acids is 2. The lowest BCUT2D eigenvalue weighted by molar-refractivity contribution is -0.120. The lowest BCUT2D eigenvalue weighted by atomic mass is 10.1. The van der Waals surface area contributed by atoms with E-state index in [-0.39, 0.29) is 6.04 Å². The number of hydroxylamine groups is 3. The van der Waals surface area contributed by atoms with E-state index in [2.05, 4.69) is 24.0 Å². The van der Waals surface area contributed by atoms with Crippen LogP contribution in [0.5, 0.6) is 0 Å². The van der Waals surface area contributed by atoms with Crippen LogP contribution in [-0.4, -0.2) is 83.8 Å². The summed E-state index contributed by atoms with van der Waals surface area (Å²) in [6, 6.07) is -0.120. The molecule has 13 nitrogen and oxygen atoms in total. The Kier molecular flexibility index (Phi) is 9.45. The van der Waals surface area contributed by atoms with Gasteiger partial charge in [-0.3, -0.25) is 14.2 Å². The first kappa shape index (κ1) is 24.0. The summed E-state index contributed by atoms with van der Waals surface area (Å²) in [4.78, 5) is 30.6. The molecule has 3 amide bonds. The smallest absolute Gasteiger partial charge is 0.333 e. The molecule has 0 spiro atoms. The van der Waals surface area contributed by atoms with Gasteiger partial charge in [0.05, 0.1) is 19.0 Å². The summed E-state index contributed by atoms with van der Waals surface area (Å²) in [6.07, 6.45) is 8.98. The number of hydrogen-bond acceptors (Lipinski definition) is 8. The van der Waals surface area contributed by atoms with Crippen molar-refractivity contribution in [2.24, 2.45) is 0 Å². The second-order valence-corrected chi connectivity index (χ2v) is 7.68. The number of carbonyl (C=O) groups is 2. The molecule has 2 bridgehead atoms. The summed E-state index contributed by atoms with van der Waals surface area (Å²) < 4.78 is 35.7. The van der Waals surface area contributed by atoms with Crippen LogP contribution in [0.4, 0.5) is 4.79 Å². The standard InChI is InChI=1S/C7H11N3.C6H10N2O5S.C3H7NO2/c1-2-8-5-7(1)10-4-3-9-6-10;9-6-7-3-1-2-5(4-7)8(6)13-14(10,11)12;1-2-6-4-3-5/h3-4,6-8H,1-2,5H2;5H,1-4H2,(H,10,11,12);3H,2H2,1H3,(H,4,5). The molecule has 2 atom stereocenters. The van der Waals surface area contributed by atoms with Crippen LogP contribution in [0.3, 0.4) is 0 Å². The van der Waals surface area contributed by atoms with E-state index in [0.717, 1.165) is 24.6 Å². The van der Waals surface area contributed by atoms with Crippen molar-refractivity contribution in [2.75, 3.05) is 32.8 Å². The van der Waals surface area contributed by atoms with E-state index in [9.17, 15) is 18.0 Å². The summed E-state index contributed by atoms with van der Waals surface area (Å²) in [5.74, 6) is 0. The maximum absolute atomic E-state index is 11.4. The molecule has 3 aliphatic heterocycles. The average molecular weight is 449 g/mol. The lowest BCUT2D eigenvalue weighted by Crippen LogP contribution is -2.35. The van der Waals surface area contributed by atoms with Crippen LogP contribution >= 0.6 is 0 Å². The third-order valence-corrected chi connectivity index (χ3v) is 4.97. The topological polar surface area (TPSA) is 155 Å². The van der Waals surface area contributed by atoms with Crippen LogP contribution in [0.15, 0.2) is 18.7 Å². The van der Waals surface area contributed by atoms with Crippen LogP contribution in [0.2, 0.25) is 0 Å². The number of amides is 3. The number of aromatic nitrogens is 2. The predicted octanol–water partition coefficient (Wildman–Crippen LogP) is -0.278. The first-order valence-electron chi connectivity index (χ1n) is 9.60. The van der Waals surface area contributed by atoms with Crippen LogP contribution < -0.4 is 10.8 Å². The minimum absolute atomic E-state index is 0.266. The summed E-state index contributed by atoms with van der Waals surface area (Å²) in [5, 5.41) is 4.05. The lowest BCUT2D eigenvalue weighted by Gasteiger charge is -2.20. The number of fused-ring (bicyclic) bond motifs is 2. The summed E-state index contributed by atoms with van der Waals surface area (Å²) in [7, 11) is -4.60. The number of urea groups is 1. The van der Waals surface area contributed by atoms with E-state index in [0.29, 0.717) is 38.6 Å². The number of piperidine rings is 1. The molecule has 3 aliphatic rings. The van der Waals surface area contributed by atoms with Crippen LogP contribution in [0.1, 0.15) is 32.2 Å². The highest BCUT2D eigenvalue weighted by Crippen LogP contribution is 2.26. The van der Waals surface area contributed by atoms with Gasteiger partial charge in [0.25, 0.3) is 0 Å². The zero-order valence-electron chi connectivity index (χ0n) is 16.7. The SMILES string of the molecule is CCONC=O.O=C1N2CCCC(C2)N1OS(=O)(=O)O.c1cn(C2CCNC2)cn1. The Morgan fingerprint density at radius 2 is 2.20 bits per heavy atom. The highest BCUT2D eigenvalue weighted by Gasteiger charge is 2.42. The summed E-state index contributed by atoms with van der Waals surface area (Å²) >= 11 is 0. The number of hydrogen-bond donors (Lipinski definition) is 3. The number of nitrogens with zero attached hydrogens (tertiary/aromatic N) is 4. The van der Waals surface area contributed by atoms with E-state index in [4.69, 9.17) is 4.55 Å². The van der Waals surface area contributed by atoms with Crippen molar-refractivity contribution in [3.05, 3.63) is 18.7 Å². The Labute approximate surface area is 175 Å². The fourth-order valence-electron chi connectivity index (χ4n) is 3.31. The Balaban J connectivity index is 0.000000175. The van der Waals surface area contributed by atoms with Gasteiger partial charge >= 0.3 is 16.4 Å². The van der Waals surface area contributed by atoms with Gasteiger partial charge in [0.2, 0.25) is 6.41 Å². The normalized spacial score (nSPS) is 22.7. The molecule has 0 saturated carbocycles. The Hall–Kier alpha value is -2.26. The van der Waals surface area contributed by atoms with Gasteiger partial charge in [0, 0.05) is 38.1 Å². The van der Waals surface area contributed by atoms with Crippen molar-refractivity contribution in [3.8, 4) is 0 Å². The maximum atomic E-state index is 11.4. The molecule has 3 fully saturated rings. The predicted molar refractivity (Wildman–Crippen MR) is 104 cm³/mol. The van der Waals surface area contributed by atoms with E-state index < -0.39 is 16.4 Å². The third kappa shape index (κ3) is 7.53. The van der Waals surface area contributed by atoms with Gasteiger partial charge in [0.1, 0.15) is 0 Å². The monoisotopic (exact) mass is 448 g/mol. The van der Waals surface area contributed by atoms with E-state index in [1.165, 1.54) is 11.3 Å². The van der Waals surface area contributed by atoms with Crippen molar-refractivity contribution in [2.45, 2.75) is 38.3 Å². The van der Waals surface area contributed by atoms with E-state index >= 15 is 0 Å². The van der Waals surface area contributed by atoms with Crippen LogP contribution in [-0.2, 0) is 24.3 Å². The van der Waals surface area contributed by atoms with Crippen LogP contribution in [0.25, 0.3) is 0 Å². The molecule has 1 aromatic rings.